The van der Waals surface area contributed by atoms with Gasteiger partial charge in [0.05, 0.1) is 0 Å². The van der Waals surface area contributed by atoms with Crippen molar-refractivity contribution in [3.63, 3.8) is 0 Å². The van der Waals surface area contributed by atoms with E-state index in [9.17, 15) is 0 Å². The van der Waals surface area contributed by atoms with Gasteiger partial charge in [0, 0.05) is 10.9 Å². The second kappa shape index (κ2) is 6.70. The van der Waals surface area contributed by atoms with Crippen LogP contribution in [0.15, 0.2) is 59.1 Å². The molecule has 0 amide bonds. The monoisotopic (exact) mass is 375 g/mol. The molecule has 0 aliphatic heterocycles. The molecule has 2 aromatic carbocycles. The van der Waals surface area contributed by atoms with Crippen molar-refractivity contribution in [1.82, 2.24) is 0 Å². The molecule has 1 nitrogen and oxygen atoms in total. The van der Waals surface area contributed by atoms with Gasteiger partial charge in [0.1, 0.15) is 10.6 Å². The lowest BCUT2D eigenvalue weighted by Crippen LogP contribution is -1.90. The normalized spacial score (nSPS) is 11.6. The Balaban J connectivity index is 2.54. The van der Waals surface area contributed by atoms with Crippen LogP contribution in [0.4, 0.5) is 0 Å². The van der Waals surface area contributed by atoms with Crippen molar-refractivity contribution in [2.45, 2.75) is 5.33 Å². The number of benzene rings is 2. The van der Waals surface area contributed by atoms with E-state index in [1.54, 1.807) is 0 Å². The van der Waals surface area contributed by atoms with Crippen LogP contribution in [0.1, 0.15) is 16.7 Å². The Bertz CT molecular complexity index is 622. The molecule has 2 rings (SSSR count). The number of nitrogens with zero attached hydrogens (tertiary/aromatic N) is 1. The minimum atomic E-state index is 0.547. The maximum atomic E-state index is 9.17. The zero-order chi connectivity index (χ0) is 13.7. The van der Waals surface area contributed by atoms with Gasteiger partial charge in [0.25, 0.3) is 0 Å². The highest BCUT2D eigenvalue weighted by Gasteiger charge is 2.09. The fraction of sp³-hybridized carbons (Fsp3) is 0.0625. The largest absolute Gasteiger partial charge is 0.192 e. The van der Waals surface area contributed by atoms with Crippen LogP contribution in [0, 0.1) is 11.3 Å². The molecule has 0 aliphatic rings. The fourth-order valence-electron chi connectivity index (χ4n) is 1.84. The van der Waals surface area contributed by atoms with Crippen LogP contribution in [-0.4, -0.2) is 0 Å². The second-order valence-electron chi connectivity index (χ2n) is 4.00. The SMILES string of the molecule is N#C/C(Br)=C(/c1ccccc1)c1ccc(CBr)cc1. The Morgan fingerprint density at radius 1 is 0.947 bits per heavy atom. The summed E-state index contributed by atoms with van der Waals surface area (Å²) >= 11 is 6.79. The van der Waals surface area contributed by atoms with E-state index >= 15 is 0 Å². The van der Waals surface area contributed by atoms with Gasteiger partial charge in [-0.25, -0.2) is 0 Å². The first-order valence-corrected chi connectivity index (χ1v) is 7.68. The van der Waals surface area contributed by atoms with Crippen LogP contribution >= 0.6 is 31.9 Å². The molecule has 19 heavy (non-hydrogen) atoms. The minimum absolute atomic E-state index is 0.547. The Morgan fingerprint density at radius 3 is 2.05 bits per heavy atom. The molecule has 3 heteroatoms. The van der Waals surface area contributed by atoms with Crippen molar-refractivity contribution in [1.29, 1.82) is 5.26 Å². The van der Waals surface area contributed by atoms with Crippen LogP contribution in [0.25, 0.3) is 5.57 Å². The third-order valence-corrected chi connectivity index (χ3v) is 4.00. The molecule has 2 aromatic rings. The topological polar surface area (TPSA) is 23.8 Å². The van der Waals surface area contributed by atoms with Gasteiger partial charge >= 0.3 is 0 Å². The van der Waals surface area contributed by atoms with Crippen molar-refractivity contribution < 1.29 is 0 Å². The Kier molecular flexibility index (Phi) is 4.95. The van der Waals surface area contributed by atoms with Crippen LogP contribution in [-0.2, 0) is 5.33 Å². The Labute approximate surface area is 129 Å². The second-order valence-corrected chi connectivity index (χ2v) is 5.35. The predicted molar refractivity (Wildman–Crippen MR) is 86.1 cm³/mol. The summed E-state index contributed by atoms with van der Waals surface area (Å²) in [5.41, 5.74) is 4.19. The van der Waals surface area contributed by atoms with Gasteiger partial charge in [-0.3, -0.25) is 0 Å². The lowest BCUT2D eigenvalue weighted by atomic mass is 9.97. The number of hydrogen-bond donors (Lipinski definition) is 0. The number of hydrogen-bond acceptors (Lipinski definition) is 1. The first kappa shape index (κ1) is 14.0. The molecule has 0 aromatic heterocycles. The average molecular weight is 377 g/mol. The maximum absolute atomic E-state index is 9.17. The van der Waals surface area contributed by atoms with E-state index in [1.165, 1.54) is 5.56 Å². The zero-order valence-corrected chi connectivity index (χ0v) is 13.3. The maximum Gasteiger partial charge on any atom is 0.107 e. The number of halogens is 2. The molecule has 0 spiro atoms. The van der Waals surface area contributed by atoms with Crippen LogP contribution in [0.3, 0.4) is 0 Å². The Hall–Kier alpha value is -1.37. The van der Waals surface area contributed by atoms with Gasteiger partial charge in [-0.05, 0) is 32.6 Å². The summed E-state index contributed by atoms with van der Waals surface area (Å²) in [7, 11) is 0. The van der Waals surface area contributed by atoms with E-state index in [4.69, 9.17) is 5.26 Å². The molecule has 94 valence electrons. The van der Waals surface area contributed by atoms with Crippen molar-refractivity contribution in [3.05, 3.63) is 75.8 Å². The van der Waals surface area contributed by atoms with Gasteiger partial charge in [-0.2, -0.15) is 5.26 Å². The molecule has 0 atom stereocenters. The minimum Gasteiger partial charge on any atom is -0.192 e. The first-order chi connectivity index (χ1) is 9.26. The van der Waals surface area contributed by atoms with Crippen molar-refractivity contribution in [3.8, 4) is 6.07 Å². The zero-order valence-electron chi connectivity index (χ0n) is 10.1. The molecular weight excluding hydrogens is 366 g/mol. The predicted octanol–water partition coefficient (Wildman–Crippen LogP) is 5.26. The van der Waals surface area contributed by atoms with E-state index in [2.05, 4.69) is 50.1 Å². The average Bonchev–Trinajstić information content (AvgIpc) is 2.49. The highest BCUT2D eigenvalue weighted by molar-refractivity contribution is 9.12. The highest BCUT2D eigenvalue weighted by Crippen LogP contribution is 2.29. The molecule has 0 heterocycles. The van der Waals surface area contributed by atoms with E-state index in [1.807, 2.05) is 42.5 Å². The van der Waals surface area contributed by atoms with Crippen molar-refractivity contribution in [2.75, 3.05) is 0 Å². The molecule has 0 saturated heterocycles. The van der Waals surface area contributed by atoms with E-state index in [0.717, 1.165) is 22.0 Å². The summed E-state index contributed by atoms with van der Waals surface area (Å²) < 4.78 is 0.547. The van der Waals surface area contributed by atoms with Crippen LogP contribution in [0.5, 0.6) is 0 Å². The summed E-state index contributed by atoms with van der Waals surface area (Å²) in [5.74, 6) is 0. The van der Waals surface area contributed by atoms with Gasteiger partial charge in [-0.15, -0.1) is 0 Å². The lowest BCUT2D eigenvalue weighted by Gasteiger charge is -2.09. The summed E-state index contributed by atoms with van der Waals surface area (Å²) in [6.07, 6.45) is 0. The summed E-state index contributed by atoms with van der Waals surface area (Å²) in [6.45, 7) is 0. The van der Waals surface area contributed by atoms with Gasteiger partial charge < -0.3 is 0 Å². The molecule has 0 fully saturated rings. The number of rotatable bonds is 3. The molecule has 0 unspecified atom stereocenters. The molecular formula is C16H11Br2N. The summed E-state index contributed by atoms with van der Waals surface area (Å²) in [4.78, 5) is 0. The third-order valence-electron chi connectivity index (χ3n) is 2.78. The molecule has 0 saturated carbocycles. The highest BCUT2D eigenvalue weighted by atomic mass is 79.9. The van der Waals surface area contributed by atoms with Crippen LogP contribution in [0.2, 0.25) is 0 Å². The standard InChI is InChI=1S/C16H11Br2N/c17-10-12-6-8-14(9-7-12)16(15(18)11-19)13-4-2-1-3-5-13/h1-9H,10H2/b16-15+. The smallest absolute Gasteiger partial charge is 0.107 e. The Morgan fingerprint density at radius 2 is 1.53 bits per heavy atom. The lowest BCUT2D eigenvalue weighted by molar-refractivity contribution is 1.41. The van der Waals surface area contributed by atoms with E-state index in [-0.39, 0.29) is 0 Å². The first-order valence-electron chi connectivity index (χ1n) is 5.77. The van der Waals surface area contributed by atoms with Gasteiger partial charge in [0.15, 0.2) is 0 Å². The van der Waals surface area contributed by atoms with E-state index in [0.29, 0.717) is 4.48 Å². The van der Waals surface area contributed by atoms with E-state index < -0.39 is 0 Å². The van der Waals surface area contributed by atoms with Crippen LogP contribution < -0.4 is 0 Å². The third kappa shape index (κ3) is 3.34. The van der Waals surface area contributed by atoms with Crippen molar-refractivity contribution in [2.24, 2.45) is 0 Å². The molecule has 0 aliphatic carbocycles. The van der Waals surface area contributed by atoms with Gasteiger partial charge in [-0.1, -0.05) is 70.5 Å². The summed E-state index contributed by atoms with van der Waals surface area (Å²) in [6, 6.07) is 20.3. The quantitative estimate of drug-likeness (QED) is 0.529. The molecule has 0 N–H and O–H groups in total. The number of allylic oxidation sites excluding steroid dienone is 1. The van der Waals surface area contributed by atoms with Gasteiger partial charge in [0.2, 0.25) is 0 Å². The number of nitriles is 1. The fourth-order valence-corrected chi connectivity index (χ4v) is 2.67. The molecule has 0 bridgehead atoms. The molecule has 0 radical (unpaired) electrons. The number of alkyl halides is 1. The summed E-state index contributed by atoms with van der Waals surface area (Å²) in [5, 5.41) is 10.00. The van der Waals surface area contributed by atoms with Crippen molar-refractivity contribution >= 4 is 37.4 Å².